The van der Waals surface area contributed by atoms with Gasteiger partial charge in [-0.25, -0.2) is 0 Å². The standard InChI is InChI=1S/C81H59N/c1-78(2,3)72-46-45-56(51-21-7-6-8-22-51)76-65-42-37-52(47-73(65)79(4,5)77(72)76)50-35-38-53(39-36-50)82(54-40-43-63-61-27-13-19-33-70(61)80(74(63)48-54)66-29-15-9-23-57(66)58-24-10-16-30-67(58)80)55-41-44-64-62-28-14-20-34-71(62)81(75(64)49-55)68-31-17-11-25-59(68)60-26-12-18-32-69(60)81/h6-49H,1-5H3. The van der Waals surface area contributed by atoms with Crippen molar-refractivity contribution in [3.05, 3.63) is 328 Å². The Hall–Kier alpha value is -9.56. The molecule has 0 aromatic heterocycles. The van der Waals surface area contributed by atoms with Gasteiger partial charge in [0.25, 0.3) is 0 Å². The van der Waals surface area contributed by atoms with E-state index < -0.39 is 10.8 Å². The van der Waals surface area contributed by atoms with E-state index in [1.807, 2.05) is 0 Å². The fourth-order valence-corrected chi connectivity index (χ4v) is 16.3. The molecule has 0 N–H and O–H groups in total. The van der Waals surface area contributed by atoms with Gasteiger partial charge in [-0.2, -0.15) is 0 Å². The zero-order valence-electron chi connectivity index (χ0n) is 46.9. The molecule has 1 nitrogen and oxygen atoms in total. The average molecular weight is 1050 g/mol. The van der Waals surface area contributed by atoms with Gasteiger partial charge in [-0.3, -0.25) is 0 Å². The van der Waals surface area contributed by atoms with Crippen molar-refractivity contribution in [2.45, 2.75) is 56.3 Å². The van der Waals surface area contributed by atoms with Crippen LogP contribution in [0.15, 0.2) is 267 Å². The van der Waals surface area contributed by atoms with Crippen LogP contribution < -0.4 is 4.90 Å². The van der Waals surface area contributed by atoms with Crippen LogP contribution in [0.3, 0.4) is 0 Å². The lowest BCUT2D eigenvalue weighted by atomic mass is 9.70. The third-order valence-corrected chi connectivity index (χ3v) is 19.6. The molecule has 2 spiro atoms. The first-order chi connectivity index (χ1) is 40.1. The highest BCUT2D eigenvalue weighted by molar-refractivity contribution is 6.00. The number of hydrogen-bond donors (Lipinski definition) is 0. The van der Waals surface area contributed by atoms with Crippen molar-refractivity contribution in [2.24, 2.45) is 0 Å². The second-order valence-corrected chi connectivity index (χ2v) is 25.0. The molecule has 0 atom stereocenters. The average Bonchev–Trinajstić information content (AvgIpc) is 3.07. The Balaban J connectivity index is 0.866. The van der Waals surface area contributed by atoms with Gasteiger partial charge in [0.05, 0.1) is 10.8 Å². The second-order valence-electron chi connectivity index (χ2n) is 25.0. The molecule has 1 heteroatoms. The lowest BCUT2D eigenvalue weighted by Gasteiger charge is -2.33. The van der Waals surface area contributed by atoms with Crippen molar-refractivity contribution in [3.63, 3.8) is 0 Å². The van der Waals surface area contributed by atoms with Gasteiger partial charge in [0.2, 0.25) is 0 Å². The number of fused-ring (bicyclic) bond motifs is 23. The maximum Gasteiger partial charge on any atom is 0.0726 e. The molecule has 17 rings (SSSR count). The molecule has 0 radical (unpaired) electrons. The number of rotatable bonds is 5. The number of anilines is 3. The van der Waals surface area contributed by atoms with Crippen LogP contribution in [0.1, 0.15) is 95.8 Å². The first kappa shape index (κ1) is 47.3. The van der Waals surface area contributed by atoms with Crippen LogP contribution >= 0.6 is 0 Å². The van der Waals surface area contributed by atoms with Crippen LogP contribution in [0, 0.1) is 0 Å². The highest BCUT2D eigenvalue weighted by Gasteiger charge is 2.54. The van der Waals surface area contributed by atoms with E-state index in [9.17, 15) is 0 Å². The van der Waals surface area contributed by atoms with Crippen LogP contribution in [0.25, 0.3) is 77.9 Å². The van der Waals surface area contributed by atoms with Gasteiger partial charge in [0.15, 0.2) is 0 Å². The molecule has 0 aliphatic heterocycles. The predicted octanol–water partition coefficient (Wildman–Crippen LogP) is 20.8. The van der Waals surface area contributed by atoms with Crippen LogP contribution in [0.5, 0.6) is 0 Å². The molecule has 0 saturated carbocycles. The Kier molecular flexibility index (Phi) is 9.66. The summed E-state index contributed by atoms with van der Waals surface area (Å²) >= 11 is 0. The molecule has 388 valence electrons. The summed E-state index contributed by atoms with van der Waals surface area (Å²) in [5, 5.41) is 0. The van der Waals surface area contributed by atoms with E-state index in [0.29, 0.717) is 0 Å². The Morgan fingerprint density at radius 1 is 0.268 bits per heavy atom. The van der Waals surface area contributed by atoms with Crippen LogP contribution in [-0.4, -0.2) is 0 Å². The van der Waals surface area contributed by atoms with E-state index in [1.165, 1.54) is 139 Å². The normalized spacial score (nSPS) is 14.9. The Morgan fingerprint density at radius 2 is 0.622 bits per heavy atom. The summed E-state index contributed by atoms with van der Waals surface area (Å²) < 4.78 is 0. The van der Waals surface area contributed by atoms with E-state index >= 15 is 0 Å². The maximum absolute atomic E-state index is 2.54. The van der Waals surface area contributed by atoms with Crippen LogP contribution in [-0.2, 0) is 21.7 Å². The molecular formula is C81H59N. The largest absolute Gasteiger partial charge is 0.310 e. The summed E-state index contributed by atoms with van der Waals surface area (Å²) in [6.45, 7) is 12.0. The molecule has 12 aromatic carbocycles. The minimum absolute atomic E-state index is 0.0197. The molecule has 0 heterocycles. The number of hydrogen-bond acceptors (Lipinski definition) is 1. The first-order valence-electron chi connectivity index (χ1n) is 29.2. The van der Waals surface area contributed by atoms with Gasteiger partial charge in [-0.05, 0) is 187 Å². The summed E-state index contributed by atoms with van der Waals surface area (Å²) in [7, 11) is 0. The van der Waals surface area contributed by atoms with E-state index in [0.717, 1.165) is 17.1 Å². The fraction of sp³-hybridized carbons (Fsp3) is 0.111. The topological polar surface area (TPSA) is 3.24 Å². The molecule has 5 aliphatic carbocycles. The van der Waals surface area contributed by atoms with Crippen LogP contribution in [0.2, 0.25) is 0 Å². The minimum Gasteiger partial charge on any atom is -0.310 e. The summed E-state index contributed by atoms with van der Waals surface area (Å²) in [6.07, 6.45) is 0. The van der Waals surface area contributed by atoms with Gasteiger partial charge < -0.3 is 4.90 Å². The smallest absolute Gasteiger partial charge is 0.0726 e. The van der Waals surface area contributed by atoms with Crippen molar-refractivity contribution < 1.29 is 0 Å². The van der Waals surface area contributed by atoms with E-state index in [-0.39, 0.29) is 10.8 Å². The lowest BCUT2D eigenvalue weighted by molar-refractivity contribution is 0.557. The highest BCUT2D eigenvalue weighted by Crippen LogP contribution is 2.66. The van der Waals surface area contributed by atoms with Gasteiger partial charge >= 0.3 is 0 Å². The van der Waals surface area contributed by atoms with Gasteiger partial charge in [0.1, 0.15) is 0 Å². The predicted molar refractivity (Wildman–Crippen MR) is 341 cm³/mol. The van der Waals surface area contributed by atoms with E-state index in [4.69, 9.17) is 0 Å². The van der Waals surface area contributed by atoms with Crippen molar-refractivity contribution in [3.8, 4) is 77.9 Å². The molecular weight excluding hydrogens is 987 g/mol. The van der Waals surface area contributed by atoms with Crippen molar-refractivity contribution in [1.29, 1.82) is 0 Å². The monoisotopic (exact) mass is 1050 g/mol. The molecule has 0 fully saturated rings. The summed E-state index contributed by atoms with van der Waals surface area (Å²) in [4.78, 5) is 2.54. The zero-order chi connectivity index (χ0) is 54.9. The molecule has 0 amide bonds. The van der Waals surface area contributed by atoms with E-state index in [1.54, 1.807) is 0 Å². The zero-order valence-corrected chi connectivity index (χ0v) is 46.9. The quantitative estimate of drug-likeness (QED) is 0.166. The van der Waals surface area contributed by atoms with Crippen molar-refractivity contribution >= 4 is 17.1 Å². The summed E-state index contributed by atoms with van der Waals surface area (Å²) in [5.74, 6) is 0. The van der Waals surface area contributed by atoms with E-state index in [2.05, 4.69) is 306 Å². The number of benzene rings is 12. The first-order valence-corrected chi connectivity index (χ1v) is 29.2. The highest BCUT2D eigenvalue weighted by atomic mass is 15.1. The fourth-order valence-electron chi connectivity index (χ4n) is 16.3. The van der Waals surface area contributed by atoms with Crippen LogP contribution in [0.4, 0.5) is 17.1 Å². The third kappa shape index (κ3) is 6.08. The Bertz CT molecular complexity index is 4370. The SMILES string of the molecule is CC(C)(C)c1ccc(-c2ccccc2)c2c1C(C)(C)c1cc(-c3ccc(N(c4ccc5c(c4)C4(c6ccccc6-c6ccccc64)c4ccccc4-5)c4ccc5c(c4)C4(c6ccccc6-c6ccccc64)c4ccccc4-5)cc3)ccc1-2. The minimum atomic E-state index is -0.484. The summed E-state index contributed by atoms with van der Waals surface area (Å²) in [5.41, 5.74) is 35.2. The molecule has 0 unspecified atom stereocenters. The second kappa shape index (κ2) is 16.8. The third-order valence-electron chi connectivity index (χ3n) is 19.6. The maximum atomic E-state index is 2.54. The van der Waals surface area contributed by atoms with Crippen molar-refractivity contribution in [2.75, 3.05) is 4.90 Å². The molecule has 12 aromatic rings. The molecule has 82 heavy (non-hydrogen) atoms. The lowest BCUT2D eigenvalue weighted by Crippen LogP contribution is -2.26. The van der Waals surface area contributed by atoms with Gasteiger partial charge in [0, 0.05) is 22.5 Å². The molecule has 0 saturated heterocycles. The Labute approximate surface area is 481 Å². The number of nitrogens with zero attached hydrogens (tertiary/aromatic N) is 1. The Morgan fingerprint density at radius 3 is 1.05 bits per heavy atom. The van der Waals surface area contributed by atoms with Gasteiger partial charge in [-0.15, -0.1) is 0 Å². The molecule has 5 aliphatic rings. The van der Waals surface area contributed by atoms with Crippen molar-refractivity contribution in [1.82, 2.24) is 0 Å². The molecule has 0 bridgehead atoms. The summed E-state index contributed by atoms with van der Waals surface area (Å²) in [6, 6.07) is 102. The van der Waals surface area contributed by atoms with Gasteiger partial charge in [-0.1, -0.05) is 259 Å².